The van der Waals surface area contributed by atoms with Crippen LogP contribution < -0.4 is 5.32 Å². The predicted octanol–water partition coefficient (Wildman–Crippen LogP) is 4.66. The van der Waals surface area contributed by atoms with E-state index in [1.807, 2.05) is 10.7 Å². The summed E-state index contributed by atoms with van der Waals surface area (Å²) >= 11 is 0. The highest BCUT2D eigenvalue weighted by Gasteiger charge is 2.34. The standard InChI is InChI=1S/C25H30N6O/c1-15(2)21-22(19-8-6-18(7-9-19)17(4)28-25(5)12-32-13-25)29-30-23(21)20-10-16(3)24-26-14-27-31(24)11-20/h6-11,14-15,17,28H,12-13H2,1-5H3,(H,29,30). The predicted molar refractivity (Wildman–Crippen MR) is 126 cm³/mol. The number of fused-ring (bicyclic) bond motifs is 1. The van der Waals surface area contributed by atoms with Gasteiger partial charge in [-0.05, 0) is 49.4 Å². The fourth-order valence-corrected chi connectivity index (χ4v) is 4.61. The Morgan fingerprint density at radius 2 is 1.88 bits per heavy atom. The lowest BCUT2D eigenvalue weighted by Crippen LogP contribution is -2.58. The molecule has 1 aliphatic rings. The van der Waals surface area contributed by atoms with Crippen molar-refractivity contribution in [3.05, 3.63) is 59.5 Å². The van der Waals surface area contributed by atoms with E-state index in [4.69, 9.17) is 9.84 Å². The summed E-state index contributed by atoms with van der Waals surface area (Å²) in [5.74, 6) is 0.310. The Labute approximate surface area is 188 Å². The lowest BCUT2D eigenvalue weighted by molar-refractivity contribution is -0.0687. The van der Waals surface area contributed by atoms with Gasteiger partial charge >= 0.3 is 0 Å². The molecule has 1 atom stereocenters. The zero-order valence-corrected chi connectivity index (χ0v) is 19.3. The highest BCUT2D eigenvalue weighted by atomic mass is 16.5. The van der Waals surface area contributed by atoms with Crippen LogP contribution in [0.15, 0.2) is 42.9 Å². The fourth-order valence-electron chi connectivity index (χ4n) is 4.61. The minimum Gasteiger partial charge on any atom is -0.377 e. The molecule has 1 saturated heterocycles. The van der Waals surface area contributed by atoms with Gasteiger partial charge in [-0.2, -0.15) is 10.2 Å². The first kappa shape index (κ1) is 20.8. The number of nitrogens with zero attached hydrogens (tertiary/aromatic N) is 4. The van der Waals surface area contributed by atoms with Crippen molar-refractivity contribution in [1.82, 2.24) is 30.1 Å². The van der Waals surface area contributed by atoms with Crippen molar-refractivity contribution >= 4 is 5.65 Å². The molecule has 0 bridgehead atoms. The maximum Gasteiger partial charge on any atom is 0.158 e. The van der Waals surface area contributed by atoms with Crippen molar-refractivity contribution in [1.29, 1.82) is 0 Å². The van der Waals surface area contributed by atoms with Crippen LogP contribution in [-0.2, 0) is 4.74 Å². The molecular weight excluding hydrogens is 400 g/mol. The third-order valence-electron chi connectivity index (χ3n) is 6.32. The lowest BCUT2D eigenvalue weighted by Gasteiger charge is -2.41. The summed E-state index contributed by atoms with van der Waals surface area (Å²) < 4.78 is 7.19. The van der Waals surface area contributed by atoms with Gasteiger partial charge in [-0.15, -0.1) is 0 Å². The second-order valence-corrected chi connectivity index (χ2v) is 9.50. The van der Waals surface area contributed by atoms with Crippen LogP contribution in [0.5, 0.6) is 0 Å². The molecule has 32 heavy (non-hydrogen) atoms. The number of nitrogens with one attached hydrogen (secondary N) is 2. The van der Waals surface area contributed by atoms with Crippen LogP contribution in [0.3, 0.4) is 0 Å². The second-order valence-electron chi connectivity index (χ2n) is 9.50. The van der Waals surface area contributed by atoms with E-state index in [2.05, 4.69) is 85.4 Å². The minimum absolute atomic E-state index is 0.0739. The summed E-state index contributed by atoms with van der Waals surface area (Å²) in [6.45, 7) is 12.4. The van der Waals surface area contributed by atoms with E-state index in [9.17, 15) is 0 Å². The summed E-state index contributed by atoms with van der Waals surface area (Å²) in [7, 11) is 0. The van der Waals surface area contributed by atoms with Crippen LogP contribution in [0.2, 0.25) is 0 Å². The van der Waals surface area contributed by atoms with Gasteiger partial charge in [-0.1, -0.05) is 38.1 Å². The number of hydrogen-bond donors (Lipinski definition) is 2. The number of aromatic amines is 1. The molecule has 3 aromatic heterocycles. The first-order chi connectivity index (χ1) is 15.3. The Bertz CT molecular complexity index is 1250. The molecule has 4 heterocycles. The molecule has 7 heteroatoms. The molecule has 4 aromatic rings. The molecule has 166 valence electrons. The van der Waals surface area contributed by atoms with Gasteiger partial charge in [0, 0.05) is 23.4 Å². The van der Waals surface area contributed by atoms with E-state index in [1.165, 1.54) is 11.1 Å². The molecular formula is C25H30N6O. The van der Waals surface area contributed by atoms with Crippen LogP contribution in [0.4, 0.5) is 0 Å². The lowest BCUT2D eigenvalue weighted by atomic mass is 9.93. The number of rotatable bonds is 6. The monoisotopic (exact) mass is 430 g/mol. The van der Waals surface area contributed by atoms with Crippen LogP contribution in [0.1, 0.15) is 56.3 Å². The smallest absolute Gasteiger partial charge is 0.158 e. The number of H-pyrrole nitrogens is 1. The zero-order chi connectivity index (χ0) is 22.5. The average molecular weight is 431 g/mol. The van der Waals surface area contributed by atoms with Crippen molar-refractivity contribution in [3.63, 3.8) is 0 Å². The molecule has 0 aliphatic carbocycles. The van der Waals surface area contributed by atoms with E-state index in [-0.39, 0.29) is 11.6 Å². The van der Waals surface area contributed by atoms with Crippen LogP contribution in [0, 0.1) is 6.92 Å². The molecule has 0 spiro atoms. The Kier molecular flexibility index (Phi) is 5.10. The number of aryl methyl sites for hydroxylation is 1. The highest BCUT2D eigenvalue weighted by Crippen LogP contribution is 2.36. The van der Waals surface area contributed by atoms with Gasteiger partial charge in [-0.3, -0.25) is 5.10 Å². The summed E-state index contributed by atoms with van der Waals surface area (Å²) in [4.78, 5) is 4.33. The molecule has 1 aromatic carbocycles. The van der Waals surface area contributed by atoms with Crippen LogP contribution in [0.25, 0.3) is 28.2 Å². The number of ether oxygens (including phenoxy) is 1. The van der Waals surface area contributed by atoms with Crippen molar-refractivity contribution in [2.75, 3.05) is 13.2 Å². The van der Waals surface area contributed by atoms with Crippen molar-refractivity contribution in [2.24, 2.45) is 0 Å². The van der Waals surface area contributed by atoms with Gasteiger partial charge in [0.15, 0.2) is 5.65 Å². The normalized spacial score (nSPS) is 16.4. The van der Waals surface area contributed by atoms with Crippen LogP contribution in [-0.4, -0.2) is 43.5 Å². The summed E-state index contributed by atoms with van der Waals surface area (Å²) in [6.07, 6.45) is 3.59. The topological polar surface area (TPSA) is 80.1 Å². The molecule has 0 amide bonds. The second kappa shape index (κ2) is 7.83. The van der Waals surface area contributed by atoms with Crippen molar-refractivity contribution in [2.45, 2.75) is 52.1 Å². The van der Waals surface area contributed by atoms with E-state index < -0.39 is 0 Å². The van der Waals surface area contributed by atoms with Gasteiger partial charge in [-0.25, -0.2) is 9.50 Å². The van der Waals surface area contributed by atoms with E-state index in [0.29, 0.717) is 5.92 Å². The molecule has 2 N–H and O–H groups in total. The maximum atomic E-state index is 5.37. The molecule has 1 fully saturated rings. The number of pyridine rings is 1. The highest BCUT2D eigenvalue weighted by molar-refractivity contribution is 5.75. The molecule has 1 unspecified atom stereocenters. The first-order valence-corrected chi connectivity index (χ1v) is 11.2. The van der Waals surface area contributed by atoms with Crippen LogP contribution >= 0.6 is 0 Å². The third kappa shape index (κ3) is 3.61. The number of aromatic nitrogens is 5. The number of benzene rings is 1. The van der Waals surface area contributed by atoms with E-state index in [1.54, 1.807) is 6.33 Å². The minimum atomic E-state index is 0.0739. The Balaban J connectivity index is 1.48. The van der Waals surface area contributed by atoms with E-state index in [0.717, 1.165) is 46.9 Å². The Hall–Kier alpha value is -3.03. The van der Waals surface area contributed by atoms with Gasteiger partial charge in [0.25, 0.3) is 0 Å². The van der Waals surface area contributed by atoms with Gasteiger partial charge < -0.3 is 10.1 Å². The quantitative estimate of drug-likeness (QED) is 0.465. The first-order valence-electron chi connectivity index (χ1n) is 11.2. The molecule has 7 nitrogen and oxygen atoms in total. The molecule has 5 rings (SSSR count). The average Bonchev–Trinajstić information content (AvgIpc) is 3.40. The summed E-state index contributed by atoms with van der Waals surface area (Å²) in [5.41, 5.74) is 8.71. The van der Waals surface area contributed by atoms with Crippen molar-refractivity contribution < 1.29 is 4.74 Å². The Morgan fingerprint density at radius 1 is 1.12 bits per heavy atom. The van der Waals surface area contributed by atoms with Crippen molar-refractivity contribution in [3.8, 4) is 22.5 Å². The maximum absolute atomic E-state index is 5.37. The zero-order valence-electron chi connectivity index (χ0n) is 19.3. The fraction of sp³-hybridized carbons (Fsp3) is 0.400. The van der Waals surface area contributed by atoms with Gasteiger partial charge in [0.05, 0.1) is 30.1 Å². The van der Waals surface area contributed by atoms with Gasteiger partial charge in [0.1, 0.15) is 6.33 Å². The summed E-state index contributed by atoms with van der Waals surface area (Å²) in [6, 6.07) is 11.2. The third-order valence-corrected chi connectivity index (χ3v) is 6.32. The number of hydrogen-bond acceptors (Lipinski definition) is 5. The largest absolute Gasteiger partial charge is 0.377 e. The Morgan fingerprint density at radius 3 is 2.53 bits per heavy atom. The molecule has 0 saturated carbocycles. The SMILES string of the molecule is Cc1cc(-c2n[nH]c(-c3ccc(C(C)NC4(C)COC4)cc3)c2C(C)C)cn2ncnc12. The molecule has 0 radical (unpaired) electrons. The molecule has 1 aliphatic heterocycles. The van der Waals surface area contributed by atoms with Gasteiger partial charge in [0.2, 0.25) is 0 Å². The van der Waals surface area contributed by atoms with E-state index >= 15 is 0 Å². The summed E-state index contributed by atoms with van der Waals surface area (Å²) in [5, 5.41) is 16.0.